The van der Waals surface area contributed by atoms with Crippen LogP contribution in [0.25, 0.3) is 10.9 Å². The van der Waals surface area contributed by atoms with Crippen molar-refractivity contribution in [2.24, 2.45) is 17.4 Å². The number of hydrogen-bond acceptors (Lipinski definition) is 7. The quantitative estimate of drug-likeness (QED) is 0.136. The molecule has 0 saturated heterocycles. The number of aliphatic carboxylic acids is 2. The van der Waals surface area contributed by atoms with Crippen molar-refractivity contribution in [3.8, 4) is 0 Å². The molecular weight excluding hydrogens is 512 g/mol. The Balaban J connectivity index is 2.14. The van der Waals surface area contributed by atoms with E-state index in [1.54, 1.807) is 20.0 Å². The molecule has 0 aliphatic heterocycles. The first-order chi connectivity index (χ1) is 18.3. The predicted molar refractivity (Wildman–Crippen MR) is 139 cm³/mol. The molecule has 0 bridgehead atoms. The van der Waals surface area contributed by atoms with Crippen molar-refractivity contribution in [2.75, 3.05) is 0 Å². The zero-order valence-electron chi connectivity index (χ0n) is 21.6. The minimum Gasteiger partial charge on any atom is -0.481 e. The standard InChI is InChI=1S/C25H34N6O8/c1-12(2)21(24(37)30-18(25(38)39)10-20(33)34)31-23(36)17(7-8-19(27)32)29-22(35)15(26)9-13-11-28-16-6-4-3-5-14(13)16/h3-6,11-12,15,17-18,21,28H,7-10,26H2,1-2H3,(H2,27,32)(H,29,35)(H,30,37)(H,31,36)(H,33,34)(H,38,39). The third-order valence-electron chi connectivity index (χ3n) is 6.00. The highest BCUT2D eigenvalue weighted by molar-refractivity contribution is 5.95. The summed E-state index contributed by atoms with van der Waals surface area (Å²) < 4.78 is 0. The van der Waals surface area contributed by atoms with Gasteiger partial charge in [-0.15, -0.1) is 0 Å². The van der Waals surface area contributed by atoms with Crippen LogP contribution < -0.4 is 27.4 Å². The molecule has 0 aliphatic carbocycles. The Bertz CT molecular complexity index is 1230. The molecule has 212 valence electrons. The first kappa shape index (κ1) is 30.8. The van der Waals surface area contributed by atoms with Crippen LogP contribution in [0.1, 0.15) is 38.7 Å². The van der Waals surface area contributed by atoms with E-state index in [0.717, 1.165) is 16.5 Å². The second-order valence-electron chi connectivity index (χ2n) is 9.46. The largest absolute Gasteiger partial charge is 0.481 e. The van der Waals surface area contributed by atoms with Crippen LogP contribution in [0.2, 0.25) is 0 Å². The summed E-state index contributed by atoms with van der Waals surface area (Å²) in [4.78, 5) is 75.5. The minimum absolute atomic E-state index is 0.150. The second-order valence-corrected chi connectivity index (χ2v) is 9.46. The van der Waals surface area contributed by atoms with Gasteiger partial charge in [0.05, 0.1) is 12.5 Å². The van der Waals surface area contributed by atoms with Gasteiger partial charge in [-0.05, 0) is 30.4 Å². The van der Waals surface area contributed by atoms with Gasteiger partial charge in [0, 0.05) is 23.5 Å². The molecule has 10 N–H and O–H groups in total. The van der Waals surface area contributed by atoms with Crippen LogP contribution in [0.3, 0.4) is 0 Å². The minimum atomic E-state index is -1.72. The van der Waals surface area contributed by atoms with Gasteiger partial charge >= 0.3 is 11.9 Å². The first-order valence-electron chi connectivity index (χ1n) is 12.2. The fourth-order valence-corrected chi connectivity index (χ4v) is 3.89. The Kier molecular flexibility index (Phi) is 11.0. The number of carbonyl (C=O) groups excluding carboxylic acids is 4. The van der Waals surface area contributed by atoms with E-state index in [0.29, 0.717) is 0 Å². The van der Waals surface area contributed by atoms with Crippen LogP contribution in [0, 0.1) is 5.92 Å². The Labute approximate surface area is 223 Å². The van der Waals surface area contributed by atoms with Crippen LogP contribution in [0.15, 0.2) is 30.5 Å². The van der Waals surface area contributed by atoms with Crippen LogP contribution >= 0.6 is 0 Å². The lowest BCUT2D eigenvalue weighted by Crippen LogP contribution is -2.58. The average molecular weight is 547 g/mol. The molecule has 39 heavy (non-hydrogen) atoms. The number of carbonyl (C=O) groups is 6. The van der Waals surface area contributed by atoms with Crippen LogP contribution in [0.5, 0.6) is 0 Å². The second kappa shape index (κ2) is 13.9. The number of rotatable bonds is 15. The van der Waals surface area contributed by atoms with Gasteiger partial charge in [0.15, 0.2) is 0 Å². The van der Waals surface area contributed by atoms with Gasteiger partial charge in [0.1, 0.15) is 18.1 Å². The van der Waals surface area contributed by atoms with Gasteiger partial charge in [-0.25, -0.2) is 4.79 Å². The first-order valence-corrected chi connectivity index (χ1v) is 12.2. The number of amides is 4. The van der Waals surface area contributed by atoms with E-state index in [4.69, 9.17) is 16.6 Å². The molecule has 14 heteroatoms. The number of benzene rings is 1. The molecule has 0 spiro atoms. The number of nitrogens with one attached hydrogen (secondary N) is 4. The van der Waals surface area contributed by atoms with Gasteiger partial charge in [0.2, 0.25) is 23.6 Å². The maximum absolute atomic E-state index is 13.1. The van der Waals surface area contributed by atoms with Crippen molar-refractivity contribution in [1.82, 2.24) is 20.9 Å². The Morgan fingerprint density at radius 1 is 0.923 bits per heavy atom. The van der Waals surface area contributed by atoms with Crippen molar-refractivity contribution in [1.29, 1.82) is 0 Å². The van der Waals surface area contributed by atoms with Crippen LogP contribution in [-0.2, 0) is 35.2 Å². The Morgan fingerprint density at radius 3 is 2.15 bits per heavy atom. The Hall–Kier alpha value is -4.46. The summed E-state index contributed by atoms with van der Waals surface area (Å²) in [5.41, 5.74) is 13.0. The molecular formula is C25H34N6O8. The number of nitrogens with two attached hydrogens (primary N) is 2. The molecule has 0 radical (unpaired) electrons. The highest BCUT2D eigenvalue weighted by Crippen LogP contribution is 2.19. The number of carboxylic acids is 2. The molecule has 2 aromatic rings. The van der Waals surface area contributed by atoms with Crippen molar-refractivity contribution in [2.45, 2.75) is 63.7 Å². The smallest absolute Gasteiger partial charge is 0.326 e. The van der Waals surface area contributed by atoms with E-state index in [9.17, 15) is 33.9 Å². The fourth-order valence-electron chi connectivity index (χ4n) is 3.89. The van der Waals surface area contributed by atoms with E-state index >= 15 is 0 Å². The van der Waals surface area contributed by atoms with Crippen LogP contribution in [0.4, 0.5) is 0 Å². The zero-order chi connectivity index (χ0) is 29.3. The van der Waals surface area contributed by atoms with E-state index < -0.39 is 72.1 Å². The van der Waals surface area contributed by atoms with Gasteiger partial charge in [-0.1, -0.05) is 32.0 Å². The summed E-state index contributed by atoms with van der Waals surface area (Å²) in [6, 6.07) is 2.11. The lowest BCUT2D eigenvalue weighted by Gasteiger charge is -2.26. The number of H-pyrrole nitrogens is 1. The van der Waals surface area contributed by atoms with Crippen molar-refractivity contribution >= 4 is 46.5 Å². The van der Waals surface area contributed by atoms with E-state index in [-0.39, 0.29) is 19.3 Å². The van der Waals surface area contributed by atoms with Crippen LogP contribution in [-0.4, -0.2) is 74.9 Å². The molecule has 4 amide bonds. The maximum Gasteiger partial charge on any atom is 0.326 e. The van der Waals surface area contributed by atoms with Gasteiger partial charge in [-0.3, -0.25) is 24.0 Å². The van der Waals surface area contributed by atoms with Crippen molar-refractivity contribution in [3.63, 3.8) is 0 Å². The van der Waals surface area contributed by atoms with E-state index in [2.05, 4.69) is 20.9 Å². The molecule has 1 aromatic carbocycles. The molecule has 0 saturated carbocycles. The molecule has 14 nitrogen and oxygen atoms in total. The van der Waals surface area contributed by atoms with Gasteiger partial charge in [-0.2, -0.15) is 0 Å². The lowest BCUT2D eigenvalue weighted by atomic mass is 10.0. The number of carboxylic acid groups (broad SMARTS) is 2. The van der Waals surface area contributed by atoms with Gasteiger partial charge < -0.3 is 42.6 Å². The summed E-state index contributed by atoms with van der Waals surface area (Å²) in [7, 11) is 0. The molecule has 0 aliphatic rings. The average Bonchev–Trinajstić information content (AvgIpc) is 3.26. The monoisotopic (exact) mass is 546 g/mol. The number of aromatic nitrogens is 1. The summed E-state index contributed by atoms with van der Waals surface area (Å²) in [6.07, 6.45) is 0.572. The number of primary amides is 1. The normalized spacial score (nSPS) is 14.2. The lowest BCUT2D eigenvalue weighted by molar-refractivity contribution is -0.147. The van der Waals surface area contributed by atoms with Crippen molar-refractivity contribution < 1.29 is 39.0 Å². The summed E-state index contributed by atoms with van der Waals surface area (Å²) in [6.45, 7) is 3.15. The topological polar surface area (TPSA) is 247 Å². The summed E-state index contributed by atoms with van der Waals surface area (Å²) >= 11 is 0. The molecule has 2 rings (SSSR count). The number of hydrogen-bond donors (Lipinski definition) is 8. The predicted octanol–water partition coefficient (Wildman–Crippen LogP) is -1.03. The van der Waals surface area contributed by atoms with Gasteiger partial charge in [0.25, 0.3) is 0 Å². The van der Waals surface area contributed by atoms with E-state index in [1.165, 1.54) is 0 Å². The number of aromatic amines is 1. The van der Waals surface area contributed by atoms with Crippen molar-refractivity contribution in [3.05, 3.63) is 36.0 Å². The maximum atomic E-state index is 13.1. The third-order valence-corrected chi connectivity index (χ3v) is 6.00. The number of fused-ring (bicyclic) bond motifs is 1. The van der Waals surface area contributed by atoms with E-state index in [1.807, 2.05) is 24.3 Å². The summed E-state index contributed by atoms with van der Waals surface area (Å²) in [5.74, 6) is -6.71. The molecule has 4 atom stereocenters. The SMILES string of the molecule is CC(C)C(NC(=O)C(CCC(N)=O)NC(=O)C(N)Cc1c[nH]c2ccccc12)C(=O)NC(CC(=O)O)C(=O)O. The zero-order valence-corrected chi connectivity index (χ0v) is 21.6. The molecule has 0 fully saturated rings. The third kappa shape index (κ3) is 9.10. The molecule has 1 heterocycles. The molecule has 1 aromatic heterocycles. The molecule has 4 unspecified atom stereocenters. The Morgan fingerprint density at radius 2 is 1.56 bits per heavy atom. The number of para-hydroxylation sites is 1. The highest BCUT2D eigenvalue weighted by atomic mass is 16.4. The highest BCUT2D eigenvalue weighted by Gasteiger charge is 2.32. The fraction of sp³-hybridized carbons (Fsp3) is 0.440. The summed E-state index contributed by atoms with van der Waals surface area (Å²) in [5, 5.41) is 26.1.